The molecule has 7 heteroatoms. The molecule has 0 saturated heterocycles. The van der Waals surface area contributed by atoms with Gasteiger partial charge in [0.25, 0.3) is 0 Å². The number of amides is 1. The molecule has 0 unspecified atom stereocenters. The molecule has 0 radical (unpaired) electrons. The van der Waals surface area contributed by atoms with Crippen LogP contribution in [0, 0.1) is 27.7 Å². The van der Waals surface area contributed by atoms with Gasteiger partial charge in [-0.15, -0.1) is 11.3 Å². The summed E-state index contributed by atoms with van der Waals surface area (Å²) >= 11 is 7.60. The second kappa shape index (κ2) is 8.65. The Hall–Kier alpha value is -2.96. The van der Waals surface area contributed by atoms with Crippen molar-refractivity contribution >= 4 is 34.5 Å². The van der Waals surface area contributed by atoms with E-state index in [-0.39, 0.29) is 12.3 Å². The van der Waals surface area contributed by atoms with Crippen molar-refractivity contribution in [1.29, 1.82) is 0 Å². The van der Waals surface area contributed by atoms with Crippen LogP contribution in [0.5, 0.6) is 0 Å². The van der Waals surface area contributed by atoms with E-state index in [2.05, 4.69) is 41.6 Å². The summed E-state index contributed by atoms with van der Waals surface area (Å²) in [6.45, 7) is 7.90. The number of aromatic nitrogens is 3. The average molecular weight is 451 g/mol. The van der Waals surface area contributed by atoms with Crippen molar-refractivity contribution in [2.24, 2.45) is 0 Å². The number of rotatable bonds is 5. The first-order valence-corrected chi connectivity index (χ1v) is 11.2. The summed E-state index contributed by atoms with van der Waals surface area (Å²) in [5.74, 6) is -0.101. The molecule has 1 amide bonds. The third kappa shape index (κ3) is 4.55. The Labute approximate surface area is 190 Å². The molecule has 2 aromatic heterocycles. The summed E-state index contributed by atoms with van der Waals surface area (Å²) < 4.78 is 1.82. The summed E-state index contributed by atoms with van der Waals surface area (Å²) in [5, 5.41) is 11.0. The van der Waals surface area contributed by atoms with Gasteiger partial charge in [-0.25, -0.2) is 9.67 Å². The van der Waals surface area contributed by atoms with Gasteiger partial charge in [0.05, 0.1) is 17.8 Å². The molecule has 0 atom stereocenters. The normalized spacial score (nSPS) is 11.0. The molecule has 0 aliphatic heterocycles. The third-order valence-electron chi connectivity index (χ3n) is 5.27. The standard InChI is InChI=1S/C24H23ClN4OS/c1-14-5-8-18(9-6-14)22-13-31-24(27-22)29-17(4)20(16(3)28-29)12-23(30)26-21-11-19(25)10-7-15(21)2/h5-11,13H,12H2,1-4H3,(H,26,30). The fourth-order valence-corrected chi connectivity index (χ4v) is 4.43. The lowest BCUT2D eigenvalue weighted by molar-refractivity contribution is -0.115. The monoisotopic (exact) mass is 450 g/mol. The van der Waals surface area contributed by atoms with Gasteiger partial charge < -0.3 is 5.32 Å². The predicted octanol–water partition coefficient (Wildman–Crippen LogP) is 6.06. The Balaban J connectivity index is 1.56. The van der Waals surface area contributed by atoms with E-state index in [0.29, 0.717) is 5.02 Å². The summed E-state index contributed by atoms with van der Waals surface area (Å²) in [4.78, 5) is 17.5. The van der Waals surface area contributed by atoms with Gasteiger partial charge in [-0.3, -0.25) is 4.79 Å². The number of anilines is 1. The zero-order valence-electron chi connectivity index (χ0n) is 17.9. The van der Waals surface area contributed by atoms with Crippen LogP contribution in [-0.4, -0.2) is 20.7 Å². The first-order chi connectivity index (χ1) is 14.8. The highest BCUT2D eigenvalue weighted by Crippen LogP contribution is 2.27. The van der Waals surface area contributed by atoms with Gasteiger partial charge in [-0.05, 0) is 45.4 Å². The summed E-state index contributed by atoms with van der Waals surface area (Å²) in [6, 6.07) is 13.8. The van der Waals surface area contributed by atoms with Crippen molar-refractivity contribution in [3.05, 3.63) is 80.9 Å². The predicted molar refractivity (Wildman–Crippen MR) is 127 cm³/mol. The summed E-state index contributed by atoms with van der Waals surface area (Å²) in [7, 11) is 0. The number of nitrogens with zero attached hydrogens (tertiary/aromatic N) is 3. The highest BCUT2D eigenvalue weighted by atomic mass is 35.5. The minimum atomic E-state index is -0.101. The van der Waals surface area contributed by atoms with Crippen LogP contribution in [0.3, 0.4) is 0 Å². The van der Waals surface area contributed by atoms with Gasteiger partial charge in [0.15, 0.2) is 0 Å². The number of carbonyl (C=O) groups is 1. The number of benzene rings is 2. The molecular weight excluding hydrogens is 428 g/mol. The molecule has 0 aliphatic rings. The molecule has 0 bridgehead atoms. The van der Waals surface area contributed by atoms with Gasteiger partial charge in [-0.1, -0.05) is 47.5 Å². The number of aryl methyl sites for hydroxylation is 3. The van der Waals surface area contributed by atoms with E-state index in [9.17, 15) is 4.79 Å². The molecule has 2 aromatic carbocycles. The second-order valence-electron chi connectivity index (χ2n) is 7.63. The largest absolute Gasteiger partial charge is 0.326 e. The maximum absolute atomic E-state index is 12.7. The van der Waals surface area contributed by atoms with Crippen molar-refractivity contribution in [1.82, 2.24) is 14.8 Å². The summed E-state index contributed by atoms with van der Waals surface area (Å²) in [6.07, 6.45) is 0.236. The summed E-state index contributed by atoms with van der Waals surface area (Å²) in [5.41, 5.74) is 7.55. The number of nitrogens with one attached hydrogen (secondary N) is 1. The van der Waals surface area contributed by atoms with Gasteiger partial charge in [-0.2, -0.15) is 5.10 Å². The molecule has 158 valence electrons. The van der Waals surface area contributed by atoms with Gasteiger partial charge >= 0.3 is 0 Å². The van der Waals surface area contributed by atoms with Crippen LogP contribution in [-0.2, 0) is 11.2 Å². The Morgan fingerprint density at radius 2 is 1.84 bits per heavy atom. The van der Waals surface area contributed by atoms with Crippen LogP contribution in [0.25, 0.3) is 16.4 Å². The Morgan fingerprint density at radius 3 is 2.58 bits per heavy atom. The van der Waals surface area contributed by atoms with Crippen LogP contribution in [0.1, 0.15) is 28.1 Å². The fourth-order valence-electron chi connectivity index (χ4n) is 3.42. The molecule has 31 heavy (non-hydrogen) atoms. The Morgan fingerprint density at radius 1 is 1.10 bits per heavy atom. The average Bonchev–Trinajstić information content (AvgIpc) is 3.32. The molecule has 1 N–H and O–H groups in total. The molecule has 5 nitrogen and oxygen atoms in total. The van der Waals surface area contributed by atoms with Crippen LogP contribution >= 0.6 is 22.9 Å². The highest BCUT2D eigenvalue weighted by Gasteiger charge is 2.18. The zero-order valence-corrected chi connectivity index (χ0v) is 19.4. The maximum atomic E-state index is 12.7. The Bertz CT molecular complexity index is 1260. The minimum absolute atomic E-state index is 0.101. The number of carbonyl (C=O) groups excluding carboxylic acids is 1. The highest BCUT2D eigenvalue weighted by molar-refractivity contribution is 7.12. The topological polar surface area (TPSA) is 59.8 Å². The quantitative estimate of drug-likeness (QED) is 0.401. The van der Waals surface area contributed by atoms with Gasteiger partial charge in [0.2, 0.25) is 11.0 Å². The third-order valence-corrected chi connectivity index (χ3v) is 6.32. The van der Waals surface area contributed by atoms with Crippen molar-refractivity contribution < 1.29 is 4.79 Å². The SMILES string of the molecule is Cc1ccc(-c2csc(-n3nc(C)c(CC(=O)Nc4cc(Cl)ccc4C)c3C)n2)cc1. The van der Waals surface area contributed by atoms with E-state index in [0.717, 1.165) is 44.6 Å². The van der Waals surface area contributed by atoms with Crippen LogP contribution in [0.4, 0.5) is 5.69 Å². The van der Waals surface area contributed by atoms with E-state index < -0.39 is 0 Å². The van der Waals surface area contributed by atoms with E-state index >= 15 is 0 Å². The molecule has 0 aliphatic carbocycles. The van der Waals surface area contributed by atoms with Crippen molar-refractivity contribution in [3.8, 4) is 16.4 Å². The molecule has 4 rings (SSSR count). The lowest BCUT2D eigenvalue weighted by atomic mass is 10.1. The first kappa shape index (κ1) is 21.3. The second-order valence-corrected chi connectivity index (χ2v) is 8.90. The smallest absolute Gasteiger partial charge is 0.228 e. The molecule has 0 spiro atoms. The molecule has 4 aromatic rings. The molecule has 0 fully saturated rings. The lowest BCUT2D eigenvalue weighted by Gasteiger charge is -2.09. The van der Waals surface area contributed by atoms with E-state index in [1.165, 1.54) is 16.9 Å². The number of hydrogen-bond acceptors (Lipinski definition) is 4. The van der Waals surface area contributed by atoms with Gasteiger partial charge in [0.1, 0.15) is 0 Å². The van der Waals surface area contributed by atoms with E-state index in [4.69, 9.17) is 16.6 Å². The maximum Gasteiger partial charge on any atom is 0.228 e. The fraction of sp³-hybridized carbons (Fsp3) is 0.208. The van der Waals surface area contributed by atoms with Crippen LogP contribution < -0.4 is 5.32 Å². The number of thiazole rings is 1. The van der Waals surface area contributed by atoms with Crippen LogP contribution in [0.15, 0.2) is 47.8 Å². The molecule has 0 saturated carbocycles. The van der Waals surface area contributed by atoms with E-state index in [1.54, 1.807) is 6.07 Å². The van der Waals surface area contributed by atoms with Crippen LogP contribution in [0.2, 0.25) is 5.02 Å². The van der Waals surface area contributed by atoms with E-state index in [1.807, 2.05) is 43.0 Å². The van der Waals surface area contributed by atoms with Crippen molar-refractivity contribution in [3.63, 3.8) is 0 Å². The minimum Gasteiger partial charge on any atom is -0.326 e. The molecular formula is C24H23ClN4OS. The Kier molecular flexibility index (Phi) is 5.94. The number of hydrogen-bond donors (Lipinski definition) is 1. The molecule has 2 heterocycles. The number of halogens is 1. The van der Waals surface area contributed by atoms with Gasteiger partial charge in [0, 0.05) is 32.9 Å². The van der Waals surface area contributed by atoms with Crippen molar-refractivity contribution in [2.45, 2.75) is 34.1 Å². The lowest BCUT2D eigenvalue weighted by Crippen LogP contribution is -2.16. The van der Waals surface area contributed by atoms with Crippen molar-refractivity contribution in [2.75, 3.05) is 5.32 Å². The zero-order chi connectivity index (χ0) is 22.1. The first-order valence-electron chi connectivity index (χ1n) is 9.96.